The van der Waals surface area contributed by atoms with E-state index < -0.39 is 16.1 Å². The first-order chi connectivity index (χ1) is 17.1. The monoisotopic (exact) mass is 519 g/mol. The summed E-state index contributed by atoms with van der Waals surface area (Å²) >= 11 is 0. The number of benzene rings is 2. The predicted molar refractivity (Wildman–Crippen MR) is 141 cm³/mol. The van der Waals surface area contributed by atoms with Crippen molar-refractivity contribution in [1.82, 2.24) is 10.2 Å². The highest BCUT2D eigenvalue weighted by molar-refractivity contribution is 7.92. The van der Waals surface area contributed by atoms with E-state index in [1.54, 1.807) is 36.3 Å². The van der Waals surface area contributed by atoms with Gasteiger partial charge in [0.15, 0.2) is 0 Å². The molecule has 2 amide bonds. The predicted octanol–water partition coefficient (Wildman–Crippen LogP) is 3.19. The third-order valence-electron chi connectivity index (χ3n) is 5.74. The maximum absolute atomic E-state index is 13.4. The van der Waals surface area contributed by atoms with Crippen LogP contribution in [0.1, 0.15) is 38.7 Å². The number of carbonyl (C=O) groups is 2. The summed E-state index contributed by atoms with van der Waals surface area (Å²) in [6.45, 7) is 4.52. The molecule has 2 rings (SSSR count). The van der Waals surface area contributed by atoms with Gasteiger partial charge in [-0.2, -0.15) is 0 Å². The maximum atomic E-state index is 13.4. The molecule has 0 aromatic heterocycles. The molecule has 0 aliphatic carbocycles. The maximum Gasteiger partial charge on any atom is 0.242 e. The Morgan fingerprint density at radius 3 is 2.22 bits per heavy atom. The fraction of sp³-hybridized carbons (Fsp3) is 0.462. The molecule has 198 valence electrons. The number of hydrogen-bond donors (Lipinski definition) is 1. The molecule has 0 unspecified atom stereocenters. The second kappa shape index (κ2) is 13.7. The smallest absolute Gasteiger partial charge is 0.242 e. The molecule has 36 heavy (non-hydrogen) atoms. The zero-order valence-corrected chi connectivity index (χ0v) is 22.5. The average molecular weight is 520 g/mol. The van der Waals surface area contributed by atoms with Gasteiger partial charge in [0.05, 0.1) is 26.2 Å². The normalized spacial score (nSPS) is 11.9. The van der Waals surface area contributed by atoms with Crippen LogP contribution in [0.15, 0.2) is 48.5 Å². The number of methoxy groups -OCH3 is 2. The summed E-state index contributed by atoms with van der Waals surface area (Å²) in [4.78, 5) is 27.7. The van der Waals surface area contributed by atoms with Crippen LogP contribution in [0.4, 0.5) is 5.69 Å². The number of nitrogens with zero attached hydrogens (tertiary/aromatic N) is 2. The number of amides is 2. The molecule has 0 radical (unpaired) electrons. The van der Waals surface area contributed by atoms with Crippen molar-refractivity contribution in [1.29, 1.82) is 0 Å². The summed E-state index contributed by atoms with van der Waals surface area (Å²) in [5.74, 6) is 0.840. The van der Waals surface area contributed by atoms with Crippen LogP contribution in [0.5, 0.6) is 11.5 Å². The quantitative estimate of drug-likeness (QED) is 0.411. The number of anilines is 1. The van der Waals surface area contributed by atoms with Crippen LogP contribution in [-0.4, -0.2) is 64.7 Å². The molecule has 0 aliphatic rings. The lowest BCUT2D eigenvalue weighted by molar-refractivity contribution is -0.141. The molecule has 2 aromatic carbocycles. The number of carbonyl (C=O) groups excluding carboxylic acids is 2. The highest BCUT2D eigenvalue weighted by Crippen LogP contribution is 2.23. The number of nitrogens with one attached hydrogen (secondary N) is 1. The first-order valence-electron chi connectivity index (χ1n) is 12.0. The largest absolute Gasteiger partial charge is 0.497 e. The highest BCUT2D eigenvalue weighted by Gasteiger charge is 2.28. The molecule has 0 spiro atoms. The van der Waals surface area contributed by atoms with E-state index in [1.807, 2.05) is 38.1 Å². The number of rotatable bonds is 14. The van der Waals surface area contributed by atoms with Crippen LogP contribution in [0.2, 0.25) is 0 Å². The second-order valence-electron chi connectivity index (χ2n) is 8.33. The van der Waals surface area contributed by atoms with Crippen LogP contribution >= 0.6 is 0 Å². The van der Waals surface area contributed by atoms with E-state index in [0.29, 0.717) is 36.6 Å². The lowest BCUT2D eigenvalue weighted by Gasteiger charge is -2.31. The van der Waals surface area contributed by atoms with Gasteiger partial charge >= 0.3 is 0 Å². The summed E-state index contributed by atoms with van der Waals surface area (Å²) in [6, 6.07) is 13.4. The van der Waals surface area contributed by atoms with Gasteiger partial charge in [-0.25, -0.2) is 8.42 Å². The Morgan fingerprint density at radius 2 is 1.67 bits per heavy atom. The molecule has 0 aliphatic heterocycles. The van der Waals surface area contributed by atoms with Gasteiger partial charge in [0, 0.05) is 26.1 Å². The molecule has 0 fully saturated rings. The van der Waals surface area contributed by atoms with Crippen molar-refractivity contribution < 1.29 is 27.5 Å². The van der Waals surface area contributed by atoms with E-state index in [9.17, 15) is 18.0 Å². The molecule has 9 nitrogen and oxygen atoms in total. The molecule has 1 N–H and O–H groups in total. The third-order valence-corrected chi connectivity index (χ3v) is 6.93. The van der Waals surface area contributed by atoms with E-state index in [-0.39, 0.29) is 31.3 Å². The Bertz CT molecular complexity index is 1100. The van der Waals surface area contributed by atoms with Crippen molar-refractivity contribution in [3.63, 3.8) is 0 Å². The average Bonchev–Trinajstić information content (AvgIpc) is 2.86. The minimum atomic E-state index is -3.56. The Hall–Kier alpha value is -3.27. The van der Waals surface area contributed by atoms with Crippen LogP contribution in [-0.2, 0) is 26.2 Å². The minimum absolute atomic E-state index is 0.0854. The van der Waals surface area contributed by atoms with Crippen molar-refractivity contribution in [3.8, 4) is 11.5 Å². The van der Waals surface area contributed by atoms with Gasteiger partial charge in [-0.15, -0.1) is 0 Å². The SMILES string of the molecule is CCNC(=O)[C@H](CC)N(Cc1cccc(OC)c1)C(=O)CCCN(c1ccc(OC)cc1)S(C)(=O)=O. The molecule has 0 bridgehead atoms. The number of hydrogen-bond acceptors (Lipinski definition) is 6. The standard InChI is InChI=1S/C26H37N3O6S/c1-6-24(26(31)27-7-2)28(19-20-10-8-11-23(18-20)35-4)25(30)12-9-17-29(36(5,32)33)21-13-15-22(34-3)16-14-21/h8,10-11,13-16,18,24H,6-7,9,12,17,19H2,1-5H3,(H,27,31)/t24-/m0/s1. The molecule has 2 aromatic rings. The topological polar surface area (TPSA) is 105 Å². The zero-order chi connectivity index (χ0) is 26.7. The molecule has 1 atom stereocenters. The van der Waals surface area contributed by atoms with E-state index in [0.717, 1.165) is 11.8 Å². The van der Waals surface area contributed by atoms with E-state index in [4.69, 9.17) is 9.47 Å². The van der Waals surface area contributed by atoms with E-state index >= 15 is 0 Å². The number of sulfonamides is 1. The molecule has 0 saturated carbocycles. The number of ether oxygens (including phenoxy) is 2. The van der Waals surface area contributed by atoms with Crippen molar-refractivity contribution >= 4 is 27.5 Å². The van der Waals surface area contributed by atoms with E-state index in [1.165, 1.54) is 11.4 Å². The molecular formula is C26H37N3O6S. The Balaban J connectivity index is 2.21. The molecule has 10 heteroatoms. The van der Waals surface area contributed by atoms with Crippen LogP contribution in [0.3, 0.4) is 0 Å². The lowest BCUT2D eigenvalue weighted by Crippen LogP contribution is -2.49. The summed E-state index contributed by atoms with van der Waals surface area (Å²) in [6.07, 6.45) is 1.96. The Kier molecular flexibility index (Phi) is 11.0. The fourth-order valence-electron chi connectivity index (χ4n) is 3.93. The summed E-state index contributed by atoms with van der Waals surface area (Å²) in [5.41, 5.74) is 1.33. The van der Waals surface area contributed by atoms with Crippen LogP contribution < -0.4 is 19.1 Å². The summed E-state index contributed by atoms with van der Waals surface area (Å²) in [7, 11) is -0.455. The first kappa shape index (κ1) is 29.0. The van der Waals surface area contributed by atoms with Crippen LogP contribution in [0, 0.1) is 0 Å². The number of likely N-dealkylation sites (N-methyl/N-ethyl adjacent to an activating group) is 1. The zero-order valence-electron chi connectivity index (χ0n) is 21.7. The van der Waals surface area contributed by atoms with Crippen molar-refractivity contribution in [3.05, 3.63) is 54.1 Å². The van der Waals surface area contributed by atoms with E-state index in [2.05, 4.69) is 5.32 Å². The van der Waals surface area contributed by atoms with Crippen molar-refractivity contribution in [2.45, 2.75) is 45.7 Å². The Morgan fingerprint density at radius 1 is 1.00 bits per heavy atom. The van der Waals surface area contributed by atoms with Gasteiger partial charge in [-0.05, 0) is 61.7 Å². The van der Waals surface area contributed by atoms with Crippen molar-refractivity contribution in [2.24, 2.45) is 0 Å². The first-order valence-corrected chi connectivity index (χ1v) is 13.8. The van der Waals surface area contributed by atoms with Gasteiger partial charge in [-0.3, -0.25) is 13.9 Å². The Labute approximate surface area is 214 Å². The molecule has 0 heterocycles. The lowest BCUT2D eigenvalue weighted by atomic mass is 10.1. The van der Waals surface area contributed by atoms with Crippen LogP contribution in [0.25, 0.3) is 0 Å². The van der Waals surface area contributed by atoms with Gasteiger partial charge in [0.2, 0.25) is 21.8 Å². The van der Waals surface area contributed by atoms with Gasteiger partial charge < -0.3 is 19.7 Å². The van der Waals surface area contributed by atoms with Gasteiger partial charge in [0.1, 0.15) is 17.5 Å². The van der Waals surface area contributed by atoms with Gasteiger partial charge in [-0.1, -0.05) is 19.1 Å². The second-order valence-corrected chi connectivity index (χ2v) is 10.2. The summed E-state index contributed by atoms with van der Waals surface area (Å²) < 4.78 is 36.6. The third kappa shape index (κ3) is 8.15. The minimum Gasteiger partial charge on any atom is -0.497 e. The summed E-state index contributed by atoms with van der Waals surface area (Å²) in [5, 5.41) is 2.81. The fourth-order valence-corrected chi connectivity index (χ4v) is 4.90. The molecular weight excluding hydrogens is 482 g/mol. The highest BCUT2D eigenvalue weighted by atomic mass is 32.2. The van der Waals surface area contributed by atoms with Gasteiger partial charge in [0.25, 0.3) is 0 Å². The van der Waals surface area contributed by atoms with Crippen molar-refractivity contribution in [2.75, 3.05) is 37.9 Å². The molecule has 0 saturated heterocycles.